The maximum atomic E-state index is 13.5. The fourth-order valence-electron chi connectivity index (χ4n) is 1.31. The first kappa shape index (κ1) is 12.8. The molecule has 0 amide bonds. The molecule has 0 atom stereocenters. The molecule has 0 aliphatic rings. The summed E-state index contributed by atoms with van der Waals surface area (Å²) in [6.07, 6.45) is 0. The van der Waals surface area contributed by atoms with Crippen molar-refractivity contribution in [3.8, 4) is 0 Å². The molecule has 0 aliphatic heterocycles. The molecule has 1 rings (SSSR count). The lowest BCUT2D eigenvalue weighted by atomic mass is 10.1. The van der Waals surface area contributed by atoms with Crippen LogP contribution in [-0.4, -0.2) is 35.7 Å². The van der Waals surface area contributed by atoms with Crippen LogP contribution in [-0.2, 0) is 4.79 Å². The van der Waals surface area contributed by atoms with E-state index in [0.29, 0.717) is 5.56 Å². The van der Waals surface area contributed by atoms with Gasteiger partial charge in [-0.2, -0.15) is 0 Å². The van der Waals surface area contributed by atoms with E-state index in [-0.39, 0.29) is 18.1 Å². The van der Waals surface area contributed by atoms with Crippen molar-refractivity contribution < 1.29 is 19.5 Å². The number of halogens is 1. The number of carboxylic acids is 1. The lowest BCUT2D eigenvalue weighted by Gasteiger charge is -2.18. The van der Waals surface area contributed by atoms with Crippen molar-refractivity contribution in [3.05, 3.63) is 29.6 Å². The van der Waals surface area contributed by atoms with Crippen LogP contribution >= 0.6 is 0 Å². The molecule has 0 aliphatic carbocycles. The van der Waals surface area contributed by atoms with Gasteiger partial charge in [-0.15, -0.1) is 0 Å². The van der Waals surface area contributed by atoms with E-state index in [1.165, 1.54) is 24.1 Å². The van der Waals surface area contributed by atoms with Crippen molar-refractivity contribution in [2.24, 2.45) is 10.9 Å². The van der Waals surface area contributed by atoms with E-state index >= 15 is 0 Å². The summed E-state index contributed by atoms with van der Waals surface area (Å²) in [6.45, 7) is -0.351. The van der Waals surface area contributed by atoms with E-state index < -0.39 is 11.8 Å². The number of oxime groups is 1. The zero-order valence-corrected chi connectivity index (χ0v) is 9.09. The standard InChI is InChI=1S/C10H12FN3O3/c1-14(5-9(15)16)8-4-6(10(12)13-17)2-3-7(8)11/h2-4,17H,5H2,1H3,(H2,12,13)(H,15,16). The van der Waals surface area contributed by atoms with Gasteiger partial charge in [-0.3, -0.25) is 4.79 Å². The molecule has 0 spiro atoms. The summed E-state index contributed by atoms with van der Waals surface area (Å²) in [5.74, 6) is -1.83. The Morgan fingerprint density at radius 3 is 2.76 bits per heavy atom. The van der Waals surface area contributed by atoms with E-state index in [0.717, 1.165) is 6.07 Å². The first-order valence-corrected chi connectivity index (χ1v) is 4.66. The minimum absolute atomic E-state index is 0.0662. The highest BCUT2D eigenvalue weighted by molar-refractivity contribution is 5.97. The van der Waals surface area contributed by atoms with E-state index in [1.807, 2.05) is 0 Å². The molecule has 0 bridgehead atoms. The first-order valence-electron chi connectivity index (χ1n) is 4.66. The van der Waals surface area contributed by atoms with Gasteiger partial charge in [0.05, 0.1) is 5.69 Å². The van der Waals surface area contributed by atoms with Crippen LogP contribution in [0.4, 0.5) is 10.1 Å². The number of hydrogen-bond donors (Lipinski definition) is 3. The number of amidine groups is 1. The molecule has 0 saturated carbocycles. The summed E-state index contributed by atoms with van der Waals surface area (Å²) in [7, 11) is 1.43. The Balaban J connectivity index is 3.10. The Hall–Kier alpha value is -2.31. The SMILES string of the molecule is CN(CC(=O)O)c1cc(C(N)=NO)ccc1F. The Morgan fingerprint density at radius 1 is 1.59 bits per heavy atom. The zero-order chi connectivity index (χ0) is 13.0. The molecule has 1 aromatic rings. The fraction of sp³-hybridized carbons (Fsp3) is 0.200. The summed E-state index contributed by atoms with van der Waals surface area (Å²) < 4.78 is 13.5. The number of anilines is 1. The second-order valence-electron chi connectivity index (χ2n) is 3.40. The van der Waals surface area contributed by atoms with Gasteiger partial charge in [-0.1, -0.05) is 5.16 Å². The Kier molecular flexibility index (Phi) is 3.86. The second-order valence-corrected chi connectivity index (χ2v) is 3.40. The number of carboxylic acid groups (broad SMARTS) is 1. The third kappa shape index (κ3) is 3.07. The highest BCUT2D eigenvalue weighted by Crippen LogP contribution is 2.19. The molecule has 92 valence electrons. The predicted molar refractivity (Wildman–Crippen MR) is 59.8 cm³/mol. The van der Waals surface area contributed by atoms with E-state index in [1.54, 1.807) is 0 Å². The van der Waals surface area contributed by atoms with Crippen molar-refractivity contribution in [2.45, 2.75) is 0 Å². The average Bonchev–Trinajstić information content (AvgIpc) is 2.27. The van der Waals surface area contributed by atoms with Crippen LogP contribution in [0.15, 0.2) is 23.4 Å². The number of nitrogens with zero attached hydrogens (tertiary/aromatic N) is 2. The third-order valence-corrected chi connectivity index (χ3v) is 2.13. The van der Waals surface area contributed by atoms with Crippen molar-refractivity contribution in [3.63, 3.8) is 0 Å². The summed E-state index contributed by atoms with van der Waals surface area (Å²) in [4.78, 5) is 11.7. The van der Waals surface area contributed by atoms with Gasteiger partial charge < -0.3 is 20.9 Å². The highest BCUT2D eigenvalue weighted by Gasteiger charge is 2.12. The summed E-state index contributed by atoms with van der Waals surface area (Å²) >= 11 is 0. The summed E-state index contributed by atoms with van der Waals surface area (Å²) in [6, 6.07) is 3.77. The van der Waals surface area contributed by atoms with E-state index in [9.17, 15) is 9.18 Å². The van der Waals surface area contributed by atoms with Crippen LogP contribution in [0.3, 0.4) is 0 Å². The van der Waals surface area contributed by atoms with E-state index in [4.69, 9.17) is 16.0 Å². The van der Waals surface area contributed by atoms with Gasteiger partial charge in [0.2, 0.25) is 0 Å². The quantitative estimate of drug-likeness (QED) is 0.307. The van der Waals surface area contributed by atoms with Crippen molar-refractivity contribution in [2.75, 3.05) is 18.5 Å². The van der Waals surface area contributed by atoms with Crippen LogP contribution in [0.25, 0.3) is 0 Å². The van der Waals surface area contributed by atoms with Crippen molar-refractivity contribution in [1.82, 2.24) is 0 Å². The van der Waals surface area contributed by atoms with Crippen LogP contribution in [0.1, 0.15) is 5.56 Å². The van der Waals surface area contributed by atoms with Gasteiger partial charge in [0, 0.05) is 12.6 Å². The molecule has 17 heavy (non-hydrogen) atoms. The lowest BCUT2D eigenvalue weighted by molar-refractivity contribution is -0.135. The smallest absolute Gasteiger partial charge is 0.323 e. The number of carbonyl (C=O) groups is 1. The Labute approximate surface area is 96.8 Å². The number of nitrogens with two attached hydrogens (primary N) is 1. The minimum atomic E-state index is -1.08. The molecule has 1 aromatic carbocycles. The van der Waals surface area contributed by atoms with Crippen molar-refractivity contribution in [1.29, 1.82) is 0 Å². The molecule has 6 nitrogen and oxygen atoms in total. The molecule has 0 radical (unpaired) electrons. The molecule has 0 aromatic heterocycles. The number of hydrogen-bond acceptors (Lipinski definition) is 4. The average molecular weight is 241 g/mol. The van der Waals surface area contributed by atoms with Crippen LogP contribution in [0, 0.1) is 5.82 Å². The lowest BCUT2D eigenvalue weighted by Crippen LogP contribution is -2.26. The zero-order valence-electron chi connectivity index (χ0n) is 9.09. The first-order chi connectivity index (χ1) is 7.95. The summed E-state index contributed by atoms with van der Waals surface area (Å²) in [5.41, 5.74) is 5.73. The van der Waals surface area contributed by atoms with Gasteiger partial charge in [0.15, 0.2) is 5.84 Å². The van der Waals surface area contributed by atoms with Crippen molar-refractivity contribution >= 4 is 17.5 Å². The summed E-state index contributed by atoms with van der Waals surface area (Å²) in [5, 5.41) is 19.9. The maximum Gasteiger partial charge on any atom is 0.323 e. The fourth-order valence-corrected chi connectivity index (χ4v) is 1.31. The molecule has 0 unspecified atom stereocenters. The number of aliphatic carboxylic acids is 1. The third-order valence-electron chi connectivity index (χ3n) is 2.13. The molecule has 7 heteroatoms. The molecule has 0 saturated heterocycles. The number of likely N-dealkylation sites (N-methyl/N-ethyl adjacent to an activating group) is 1. The van der Waals surface area contributed by atoms with E-state index in [2.05, 4.69) is 5.16 Å². The molecular formula is C10H12FN3O3. The maximum absolute atomic E-state index is 13.5. The number of benzene rings is 1. The van der Waals surface area contributed by atoms with Gasteiger partial charge in [0.25, 0.3) is 0 Å². The Morgan fingerprint density at radius 2 is 2.24 bits per heavy atom. The minimum Gasteiger partial charge on any atom is -0.480 e. The molecule has 0 fully saturated rings. The Bertz CT molecular complexity index is 462. The van der Waals surface area contributed by atoms with Crippen LogP contribution in [0.2, 0.25) is 0 Å². The highest BCUT2D eigenvalue weighted by atomic mass is 19.1. The molecule has 0 heterocycles. The number of rotatable bonds is 4. The second kappa shape index (κ2) is 5.15. The van der Waals surface area contributed by atoms with Crippen LogP contribution in [0.5, 0.6) is 0 Å². The monoisotopic (exact) mass is 241 g/mol. The molecular weight excluding hydrogens is 229 g/mol. The predicted octanol–water partition coefficient (Wildman–Crippen LogP) is 0.441. The molecule has 4 N–H and O–H groups in total. The van der Waals surface area contributed by atoms with Crippen LogP contribution < -0.4 is 10.6 Å². The topological polar surface area (TPSA) is 99.2 Å². The van der Waals surface area contributed by atoms with Gasteiger partial charge in [-0.05, 0) is 18.2 Å². The normalized spacial score (nSPS) is 11.3. The van der Waals surface area contributed by atoms with Gasteiger partial charge in [-0.25, -0.2) is 4.39 Å². The van der Waals surface area contributed by atoms with Gasteiger partial charge >= 0.3 is 5.97 Å². The van der Waals surface area contributed by atoms with Gasteiger partial charge in [0.1, 0.15) is 12.4 Å². The largest absolute Gasteiger partial charge is 0.480 e.